The van der Waals surface area contributed by atoms with Gasteiger partial charge in [0.1, 0.15) is 23.7 Å². The van der Waals surface area contributed by atoms with Gasteiger partial charge < -0.3 is 18.8 Å². The number of carbonyl (C=O) groups is 1. The second-order valence-electron chi connectivity index (χ2n) is 5.20. The van der Waals surface area contributed by atoms with Gasteiger partial charge in [0.2, 0.25) is 0 Å². The van der Waals surface area contributed by atoms with E-state index in [0.717, 1.165) is 0 Å². The smallest absolute Gasteiger partial charge is 0.410 e. The second kappa shape index (κ2) is 4.97. The van der Waals surface area contributed by atoms with Crippen LogP contribution < -0.4 is 0 Å². The summed E-state index contributed by atoms with van der Waals surface area (Å²) in [5, 5.41) is 0. The van der Waals surface area contributed by atoms with Gasteiger partial charge in [-0.15, -0.1) is 0 Å². The summed E-state index contributed by atoms with van der Waals surface area (Å²) >= 11 is 0. The topological polar surface area (TPSA) is 64.8 Å². The minimum Gasteiger partial charge on any atom is -0.451 e. The Morgan fingerprint density at radius 2 is 2.33 bits per heavy atom. The van der Waals surface area contributed by atoms with E-state index in [4.69, 9.17) is 13.9 Å². The number of oxazole rings is 1. The molecule has 0 bridgehead atoms. The van der Waals surface area contributed by atoms with Crippen molar-refractivity contribution >= 4 is 6.09 Å². The van der Waals surface area contributed by atoms with Crippen molar-refractivity contribution in [3.05, 3.63) is 18.4 Å². The molecule has 1 saturated heterocycles. The zero-order valence-electron chi connectivity index (χ0n) is 10.9. The third-order valence-corrected chi connectivity index (χ3v) is 2.50. The maximum Gasteiger partial charge on any atom is 0.410 e. The van der Waals surface area contributed by atoms with Crippen molar-refractivity contribution in [3.8, 4) is 0 Å². The summed E-state index contributed by atoms with van der Waals surface area (Å²) in [7, 11) is 0. The molecule has 6 heteroatoms. The number of rotatable bonds is 1. The zero-order chi connectivity index (χ0) is 13.2. The van der Waals surface area contributed by atoms with Crippen LogP contribution in [0, 0.1) is 0 Å². The third-order valence-electron chi connectivity index (χ3n) is 2.50. The highest BCUT2D eigenvalue weighted by atomic mass is 16.6. The molecule has 2 rings (SSSR count). The minimum atomic E-state index is -0.487. The molecule has 0 aliphatic carbocycles. The average Bonchev–Trinajstić information content (AvgIpc) is 2.80. The van der Waals surface area contributed by atoms with Crippen molar-refractivity contribution in [1.82, 2.24) is 9.88 Å². The monoisotopic (exact) mass is 254 g/mol. The van der Waals surface area contributed by atoms with Crippen molar-refractivity contribution in [2.45, 2.75) is 32.5 Å². The van der Waals surface area contributed by atoms with Crippen LogP contribution in [0.4, 0.5) is 4.79 Å². The molecule has 0 aromatic carbocycles. The van der Waals surface area contributed by atoms with Crippen LogP contribution in [0.25, 0.3) is 0 Å². The van der Waals surface area contributed by atoms with Crippen LogP contribution in [0.2, 0.25) is 0 Å². The van der Waals surface area contributed by atoms with Crippen LogP contribution in [-0.2, 0) is 9.47 Å². The lowest BCUT2D eigenvalue weighted by Gasteiger charge is -2.33. The van der Waals surface area contributed by atoms with Crippen LogP contribution in [-0.4, -0.2) is 41.3 Å². The average molecular weight is 254 g/mol. The van der Waals surface area contributed by atoms with E-state index in [1.165, 1.54) is 12.7 Å². The number of amides is 1. The zero-order valence-corrected chi connectivity index (χ0v) is 10.9. The molecule has 6 nitrogen and oxygen atoms in total. The predicted octanol–water partition coefficient (Wildman–Crippen LogP) is 1.98. The van der Waals surface area contributed by atoms with E-state index in [2.05, 4.69) is 4.98 Å². The van der Waals surface area contributed by atoms with E-state index in [9.17, 15) is 4.79 Å². The molecule has 0 saturated carbocycles. The van der Waals surface area contributed by atoms with Crippen molar-refractivity contribution in [2.75, 3.05) is 19.7 Å². The highest BCUT2D eigenvalue weighted by molar-refractivity contribution is 5.68. The Labute approximate surface area is 106 Å². The highest BCUT2D eigenvalue weighted by Gasteiger charge is 2.29. The van der Waals surface area contributed by atoms with E-state index >= 15 is 0 Å². The molecule has 1 aliphatic heterocycles. The van der Waals surface area contributed by atoms with Crippen molar-refractivity contribution in [3.63, 3.8) is 0 Å². The molecule has 1 fully saturated rings. The Balaban J connectivity index is 1.96. The Hall–Kier alpha value is -1.56. The Morgan fingerprint density at radius 3 is 2.94 bits per heavy atom. The molecule has 18 heavy (non-hydrogen) atoms. The second-order valence-corrected chi connectivity index (χ2v) is 5.20. The van der Waals surface area contributed by atoms with E-state index in [-0.39, 0.29) is 12.2 Å². The normalized spacial score (nSPS) is 20.8. The van der Waals surface area contributed by atoms with E-state index in [1.807, 2.05) is 20.8 Å². The summed E-state index contributed by atoms with van der Waals surface area (Å²) < 4.78 is 15.8. The lowest BCUT2D eigenvalue weighted by molar-refractivity contribution is -0.0447. The number of aromatic nitrogens is 1. The summed E-state index contributed by atoms with van der Waals surface area (Å²) in [4.78, 5) is 17.6. The largest absolute Gasteiger partial charge is 0.451 e. The first kappa shape index (κ1) is 12.9. The van der Waals surface area contributed by atoms with Gasteiger partial charge in [0.15, 0.2) is 6.39 Å². The number of hydrogen-bond donors (Lipinski definition) is 0. The predicted molar refractivity (Wildman–Crippen MR) is 63.0 cm³/mol. The van der Waals surface area contributed by atoms with Gasteiger partial charge in [-0.05, 0) is 20.8 Å². The molecule has 1 atom stereocenters. The molecule has 1 aliphatic rings. The fourth-order valence-electron chi connectivity index (χ4n) is 1.70. The summed E-state index contributed by atoms with van der Waals surface area (Å²) in [6.07, 6.45) is 2.32. The van der Waals surface area contributed by atoms with E-state index in [0.29, 0.717) is 25.4 Å². The molecular weight excluding hydrogens is 236 g/mol. The van der Waals surface area contributed by atoms with E-state index < -0.39 is 5.60 Å². The van der Waals surface area contributed by atoms with Crippen LogP contribution in [0.3, 0.4) is 0 Å². The molecule has 0 radical (unpaired) electrons. The van der Waals surface area contributed by atoms with Crippen LogP contribution >= 0.6 is 0 Å². The number of morpholine rings is 1. The number of nitrogens with zero attached hydrogens (tertiary/aromatic N) is 2. The summed E-state index contributed by atoms with van der Waals surface area (Å²) in [6, 6.07) is 0. The Morgan fingerprint density at radius 1 is 1.56 bits per heavy atom. The molecule has 1 amide bonds. The fraction of sp³-hybridized carbons (Fsp3) is 0.667. The molecule has 0 spiro atoms. The first-order valence-electron chi connectivity index (χ1n) is 5.93. The minimum absolute atomic E-state index is 0.245. The summed E-state index contributed by atoms with van der Waals surface area (Å²) in [6.45, 7) is 6.98. The molecule has 2 heterocycles. The van der Waals surface area contributed by atoms with E-state index in [1.54, 1.807) is 4.90 Å². The number of carbonyl (C=O) groups excluding carboxylic acids is 1. The lowest BCUT2D eigenvalue weighted by Crippen LogP contribution is -2.44. The van der Waals surface area contributed by atoms with Gasteiger partial charge in [0, 0.05) is 6.54 Å². The highest BCUT2D eigenvalue weighted by Crippen LogP contribution is 2.22. The fourth-order valence-corrected chi connectivity index (χ4v) is 1.70. The summed E-state index contributed by atoms with van der Waals surface area (Å²) in [5.74, 6) is 0. The molecular formula is C12H18N2O4. The Bertz CT molecular complexity index is 397. The van der Waals surface area contributed by atoms with Gasteiger partial charge in [0.05, 0.1) is 13.2 Å². The van der Waals surface area contributed by atoms with Gasteiger partial charge in [-0.3, -0.25) is 0 Å². The van der Waals surface area contributed by atoms with Gasteiger partial charge in [-0.1, -0.05) is 0 Å². The molecule has 1 aromatic heterocycles. The van der Waals surface area contributed by atoms with Crippen molar-refractivity contribution in [2.24, 2.45) is 0 Å². The third kappa shape index (κ3) is 3.22. The quantitative estimate of drug-likeness (QED) is 0.766. The maximum atomic E-state index is 11.9. The van der Waals surface area contributed by atoms with Crippen LogP contribution in [0.1, 0.15) is 32.6 Å². The first-order valence-corrected chi connectivity index (χ1v) is 5.93. The molecule has 0 unspecified atom stereocenters. The van der Waals surface area contributed by atoms with Gasteiger partial charge in [-0.25, -0.2) is 9.78 Å². The van der Waals surface area contributed by atoms with Crippen LogP contribution in [0.5, 0.6) is 0 Å². The first-order chi connectivity index (χ1) is 8.46. The lowest BCUT2D eigenvalue weighted by atomic mass is 10.2. The van der Waals surface area contributed by atoms with Gasteiger partial charge in [0.25, 0.3) is 0 Å². The summed E-state index contributed by atoms with van der Waals surface area (Å²) in [5.41, 5.74) is 0.210. The van der Waals surface area contributed by atoms with Crippen molar-refractivity contribution < 1.29 is 18.7 Å². The maximum absolute atomic E-state index is 11.9. The number of ether oxygens (including phenoxy) is 2. The van der Waals surface area contributed by atoms with Crippen molar-refractivity contribution in [1.29, 1.82) is 0 Å². The van der Waals surface area contributed by atoms with Gasteiger partial charge >= 0.3 is 6.09 Å². The molecule has 100 valence electrons. The molecule has 0 N–H and O–H groups in total. The van der Waals surface area contributed by atoms with Crippen LogP contribution in [0.15, 0.2) is 17.1 Å². The Kier molecular flexibility index (Phi) is 3.56. The number of hydrogen-bond acceptors (Lipinski definition) is 5. The van der Waals surface area contributed by atoms with Gasteiger partial charge in [-0.2, -0.15) is 0 Å². The molecule has 1 aromatic rings. The standard InChI is InChI=1S/C12H18N2O4/c1-12(2,3)18-11(15)14-4-5-17-10(6-14)9-7-16-8-13-9/h7-8,10H,4-6H2,1-3H3/t10-/m1/s1. The SMILES string of the molecule is CC(C)(C)OC(=O)N1CCO[C@@H](c2cocn2)C1.